The van der Waals surface area contributed by atoms with Crippen LogP contribution in [0.5, 0.6) is 0 Å². The smallest absolute Gasteiger partial charge is 0.340 e. The molecular weight excluding hydrogens is 304 g/mol. The molecular formula is C18H14N4O2. The van der Waals surface area contributed by atoms with Crippen molar-refractivity contribution in [2.45, 2.75) is 0 Å². The molecule has 0 amide bonds. The van der Waals surface area contributed by atoms with Gasteiger partial charge in [0.25, 0.3) is 0 Å². The predicted octanol–water partition coefficient (Wildman–Crippen LogP) is 3.08. The number of anilines is 1. The van der Waals surface area contributed by atoms with Gasteiger partial charge >= 0.3 is 5.97 Å². The molecule has 2 aromatic carbocycles. The second-order valence-electron chi connectivity index (χ2n) is 5.30. The van der Waals surface area contributed by atoms with Crippen LogP contribution in [0.4, 0.5) is 5.69 Å². The van der Waals surface area contributed by atoms with Gasteiger partial charge in [0.15, 0.2) is 0 Å². The van der Waals surface area contributed by atoms with E-state index in [1.54, 1.807) is 24.7 Å². The van der Waals surface area contributed by atoms with E-state index in [0.29, 0.717) is 11.1 Å². The van der Waals surface area contributed by atoms with E-state index in [1.165, 1.54) is 7.11 Å². The van der Waals surface area contributed by atoms with E-state index in [9.17, 15) is 4.79 Å². The number of aromatic nitrogens is 2. The quantitative estimate of drug-likeness (QED) is 0.712. The van der Waals surface area contributed by atoms with E-state index < -0.39 is 5.97 Å². The minimum Gasteiger partial charge on any atom is -0.465 e. The molecule has 0 unspecified atom stereocenters. The third kappa shape index (κ3) is 2.16. The molecule has 0 saturated heterocycles. The number of carbonyl (C=O) groups excluding carboxylic acids is 1. The van der Waals surface area contributed by atoms with Gasteiger partial charge in [0.1, 0.15) is 0 Å². The van der Waals surface area contributed by atoms with Crippen LogP contribution in [0.15, 0.2) is 60.0 Å². The first-order valence-electron chi connectivity index (χ1n) is 7.43. The summed E-state index contributed by atoms with van der Waals surface area (Å²) >= 11 is 0. The van der Waals surface area contributed by atoms with Gasteiger partial charge in [-0.1, -0.05) is 30.3 Å². The van der Waals surface area contributed by atoms with Crippen molar-refractivity contribution in [3.63, 3.8) is 0 Å². The molecule has 4 rings (SSSR count). The van der Waals surface area contributed by atoms with E-state index in [2.05, 4.69) is 20.5 Å². The number of fused-ring (bicyclic) bond motifs is 3. The lowest BCUT2D eigenvalue weighted by Crippen LogP contribution is -2.10. The predicted molar refractivity (Wildman–Crippen MR) is 92.3 cm³/mol. The van der Waals surface area contributed by atoms with Gasteiger partial charge in [-0.15, -0.1) is 0 Å². The molecule has 0 aliphatic carbocycles. The lowest BCUT2D eigenvalue weighted by molar-refractivity contribution is 0.0602. The zero-order valence-corrected chi connectivity index (χ0v) is 12.9. The lowest BCUT2D eigenvalue weighted by atomic mass is 9.96. The van der Waals surface area contributed by atoms with Crippen molar-refractivity contribution < 1.29 is 9.53 Å². The summed E-state index contributed by atoms with van der Waals surface area (Å²) in [4.78, 5) is 16.7. The highest BCUT2D eigenvalue weighted by atomic mass is 16.5. The minimum absolute atomic E-state index is 0.420. The number of rotatable bonds is 2. The highest BCUT2D eigenvalue weighted by Gasteiger charge is 2.22. The van der Waals surface area contributed by atoms with Crippen molar-refractivity contribution in [1.82, 2.24) is 10.2 Å². The molecule has 0 saturated carbocycles. The van der Waals surface area contributed by atoms with Crippen LogP contribution in [0.2, 0.25) is 0 Å². The van der Waals surface area contributed by atoms with Gasteiger partial charge in [-0.2, -0.15) is 5.10 Å². The Balaban J connectivity index is 2.03. The Labute approximate surface area is 137 Å². The Morgan fingerprint density at radius 3 is 2.83 bits per heavy atom. The van der Waals surface area contributed by atoms with E-state index in [0.717, 1.165) is 27.9 Å². The van der Waals surface area contributed by atoms with Crippen molar-refractivity contribution in [2.24, 2.45) is 4.99 Å². The number of nitrogens with zero attached hydrogens (tertiary/aromatic N) is 2. The van der Waals surface area contributed by atoms with Gasteiger partial charge in [0.05, 0.1) is 35.8 Å². The van der Waals surface area contributed by atoms with Gasteiger partial charge in [-0.05, 0) is 6.07 Å². The largest absolute Gasteiger partial charge is 0.465 e. The fraction of sp³-hybridized carbons (Fsp3) is 0.0556. The Bertz CT molecular complexity index is 987. The minimum atomic E-state index is -0.420. The number of esters is 1. The van der Waals surface area contributed by atoms with E-state index in [1.807, 2.05) is 30.3 Å². The van der Waals surface area contributed by atoms with Gasteiger partial charge in [0, 0.05) is 28.9 Å². The Morgan fingerprint density at radius 1 is 1.21 bits per heavy atom. The highest BCUT2D eigenvalue weighted by Crippen LogP contribution is 2.33. The molecule has 0 bridgehead atoms. The van der Waals surface area contributed by atoms with Gasteiger partial charge in [-0.3, -0.25) is 10.1 Å². The van der Waals surface area contributed by atoms with Gasteiger partial charge in [-0.25, -0.2) is 4.79 Å². The number of aromatic amines is 1. The third-order valence-electron chi connectivity index (χ3n) is 3.95. The molecule has 118 valence electrons. The molecule has 2 heterocycles. The number of hydrogen-bond donors (Lipinski definition) is 2. The van der Waals surface area contributed by atoms with Crippen LogP contribution < -0.4 is 5.32 Å². The van der Waals surface area contributed by atoms with Gasteiger partial charge in [0.2, 0.25) is 0 Å². The Hall–Kier alpha value is -3.41. The Kier molecular flexibility index (Phi) is 3.35. The van der Waals surface area contributed by atoms with Crippen molar-refractivity contribution in [2.75, 3.05) is 12.4 Å². The highest BCUT2D eigenvalue weighted by molar-refractivity contribution is 6.22. The molecule has 2 N–H and O–H groups in total. The summed E-state index contributed by atoms with van der Waals surface area (Å²) in [7, 11) is 1.36. The van der Waals surface area contributed by atoms with Crippen molar-refractivity contribution >= 4 is 28.3 Å². The monoisotopic (exact) mass is 318 g/mol. The number of ether oxygens (including phenoxy) is 1. The van der Waals surface area contributed by atoms with Crippen molar-refractivity contribution in [3.8, 4) is 0 Å². The third-order valence-corrected chi connectivity index (χ3v) is 3.95. The molecule has 0 fully saturated rings. The first kappa shape index (κ1) is 14.2. The summed E-state index contributed by atoms with van der Waals surface area (Å²) in [6.45, 7) is 0. The maximum Gasteiger partial charge on any atom is 0.340 e. The zero-order valence-electron chi connectivity index (χ0n) is 12.9. The van der Waals surface area contributed by atoms with E-state index in [-0.39, 0.29) is 0 Å². The maximum absolute atomic E-state index is 12.2. The average Bonchev–Trinajstić information content (AvgIpc) is 3.02. The van der Waals surface area contributed by atoms with Crippen LogP contribution in [0.25, 0.3) is 10.9 Å². The fourth-order valence-electron chi connectivity index (χ4n) is 2.86. The van der Waals surface area contributed by atoms with Gasteiger partial charge < -0.3 is 10.1 Å². The molecule has 24 heavy (non-hydrogen) atoms. The number of carbonyl (C=O) groups is 1. The van der Waals surface area contributed by atoms with Crippen LogP contribution in [-0.2, 0) is 4.74 Å². The summed E-state index contributed by atoms with van der Waals surface area (Å²) in [6.07, 6.45) is 5.15. The summed E-state index contributed by atoms with van der Waals surface area (Å²) in [5.41, 5.74) is 4.47. The normalized spacial score (nSPS) is 13.0. The molecule has 0 radical (unpaired) electrons. The van der Waals surface area contributed by atoms with E-state index in [4.69, 9.17) is 4.74 Å². The second-order valence-corrected chi connectivity index (χ2v) is 5.30. The number of benzene rings is 2. The first-order valence-corrected chi connectivity index (χ1v) is 7.43. The van der Waals surface area contributed by atoms with Crippen LogP contribution in [0, 0.1) is 0 Å². The molecule has 1 aliphatic heterocycles. The molecule has 6 heteroatoms. The number of H-pyrrole nitrogens is 1. The van der Waals surface area contributed by atoms with Crippen LogP contribution in [0.3, 0.4) is 0 Å². The Morgan fingerprint density at radius 2 is 2.04 bits per heavy atom. The number of hydrogen-bond acceptors (Lipinski definition) is 5. The van der Waals surface area contributed by atoms with E-state index >= 15 is 0 Å². The lowest BCUT2D eigenvalue weighted by Gasteiger charge is -2.13. The SMILES string of the molecule is COC(=O)c1cc2c(c3cn[nH]c13)NC=CN=C2c1ccccc1. The second kappa shape index (κ2) is 5.66. The first-order chi connectivity index (χ1) is 11.8. The molecule has 3 aromatic rings. The standard InChI is InChI=1S/C18H14N4O2/c1-24-18(23)13-9-12-15(11-5-3-2-4-6-11)19-7-8-20-16(12)14-10-21-22-17(13)14/h2-10,20H,1H3,(H,21,22). The number of aliphatic imine (C=N–C) groups is 1. The number of methoxy groups -OCH3 is 1. The summed E-state index contributed by atoms with van der Waals surface area (Å²) in [6, 6.07) is 11.6. The maximum atomic E-state index is 12.2. The molecule has 1 aromatic heterocycles. The molecule has 1 aliphatic rings. The van der Waals surface area contributed by atoms with Crippen LogP contribution >= 0.6 is 0 Å². The summed E-state index contributed by atoms with van der Waals surface area (Å²) in [5, 5.41) is 11.0. The van der Waals surface area contributed by atoms with Crippen LogP contribution in [-0.4, -0.2) is 29.0 Å². The topological polar surface area (TPSA) is 79.4 Å². The molecule has 6 nitrogen and oxygen atoms in total. The van der Waals surface area contributed by atoms with Crippen molar-refractivity contribution in [3.05, 3.63) is 71.7 Å². The summed E-state index contributed by atoms with van der Waals surface area (Å²) < 4.78 is 4.91. The average molecular weight is 318 g/mol. The number of nitrogens with one attached hydrogen (secondary N) is 2. The van der Waals surface area contributed by atoms with Crippen molar-refractivity contribution in [1.29, 1.82) is 0 Å². The molecule has 0 spiro atoms. The zero-order chi connectivity index (χ0) is 16.5. The van der Waals surface area contributed by atoms with Crippen LogP contribution in [0.1, 0.15) is 21.5 Å². The molecule has 0 atom stereocenters. The summed E-state index contributed by atoms with van der Waals surface area (Å²) in [5.74, 6) is -0.420. The fourth-order valence-corrected chi connectivity index (χ4v) is 2.86.